The number of benzene rings is 1. The molecule has 0 amide bonds. The smallest absolute Gasteiger partial charge is 0.197 e. The van der Waals surface area contributed by atoms with Crippen LogP contribution in [0.5, 0.6) is 0 Å². The van der Waals surface area contributed by atoms with Crippen LogP contribution in [0.15, 0.2) is 24.3 Å². The van der Waals surface area contributed by atoms with Crippen molar-refractivity contribution in [2.45, 2.75) is 165 Å². The van der Waals surface area contributed by atoms with Crippen LogP contribution in [0.1, 0.15) is 147 Å². The van der Waals surface area contributed by atoms with Gasteiger partial charge in [-0.2, -0.15) is 0 Å². The van der Waals surface area contributed by atoms with Gasteiger partial charge in [0.1, 0.15) is 5.82 Å². The van der Waals surface area contributed by atoms with Gasteiger partial charge in [0, 0.05) is 30.6 Å². The fourth-order valence-electron chi connectivity index (χ4n) is 7.36. The van der Waals surface area contributed by atoms with Crippen LogP contribution in [0.2, 0.25) is 0 Å². The minimum atomic E-state index is -0.671. The summed E-state index contributed by atoms with van der Waals surface area (Å²) in [5.74, 6) is -0.218. The lowest BCUT2D eigenvalue weighted by Crippen LogP contribution is -2.40. The summed E-state index contributed by atoms with van der Waals surface area (Å²) in [7, 11) is 0. The Labute approximate surface area is 270 Å². The first-order chi connectivity index (χ1) is 21.0. The van der Waals surface area contributed by atoms with E-state index in [4.69, 9.17) is 0 Å². The van der Waals surface area contributed by atoms with E-state index in [0.717, 1.165) is 35.2 Å². The molecule has 2 aromatic rings. The molecule has 6 rings (SSSR count). The van der Waals surface area contributed by atoms with Gasteiger partial charge < -0.3 is 15.6 Å². The normalized spacial score (nSPS) is 21.7. The number of aromatic amines is 1. The maximum atomic E-state index is 11.4. The Bertz CT molecular complexity index is 985. The average Bonchev–Trinajstić information content (AvgIpc) is 3.46. The quantitative estimate of drug-likeness (QED) is 0.190. The van der Waals surface area contributed by atoms with Crippen molar-refractivity contribution in [1.82, 2.24) is 20.6 Å². The highest BCUT2D eigenvalue weighted by Crippen LogP contribution is 2.25. The van der Waals surface area contributed by atoms with Crippen molar-refractivity contribution >= 4 is 46.5 Å². The first-order valence-electron chi connectivity index (χ1n) is 17.4. The van der Waals surface area contributed by atoms with Gasteiger partial charge in [0.25, 0.3) is 0 Å². The second-order valence-corrected chi connectivity index (χ2v) is 14.2. The number of para-hydroxylation sites is 2. The SMILES string of the molecule is C1CCC(NC2CCCCC2)CC1.C1CCC(NC2CCCCC2)CC1.O=C(S)CC(C(=O)S)c1nc2ccccc2[nH]1. The van der Waals surface area contributed by atoms with E-state index in [1.165, 1.54) is 128 Å². The van der Waals surface area contributed by atoms with Gasteiger partial charge >= 0.3 is 0 Å². The van der Waals surface area contributed by atoms with Crippen LogP contribution in [0.3, 0.4) is 0 Å². The van der Waals surface area contributed by atoms with Gasteiger partial charge in [0.05, 0.1) is 17.0 Å². The van der Waals surface area contributed by atoms with Crippen LogP contribution in [-0.2, 0) is 9.59 Å². The first-order valence-corrected chi connectivity index (χ1v) is 18.3. The van der Waals surface area contributed by atoms with E-state index in [0.29, 0.717) is 5.82 Å². The predicted octanol–water partition coefficient (Wildman–Crippen LogP) is 8.43. The summed E-state index contributed by atoms with van der Waals surface area (Å²) in [6, 6.07) is 10.9. The lowest BCUT2D eigenvalue weighted by molar-refractivity contribution is -0.116. The molecule has 4 aliphatic rings. The van der Waals surface area contributed by atoms with Crippen molar-refractivity contribution < 1.29 is 9.59 Å². The molecular formula is C35H56N4O2S2. The molecule has 1 unspecified atom stereocenters. The number of rotatable bonds is 8. The van der Waals surface area contributed by atoms with Gasteiger partial charge in [-0.1, -0.05) is 89.2 Å². The summed E-state index contributed by atoms with van der Waals surface area (Å²) in [6.45, 7) is 0. The minimum Gasteiger partial charge on any atom is -0.341 e. The number of carbonyl (C=O) groups is 2. The van der Waals surface area contributed by atoms with Gasteiger partial charge in [0.2, 0.25) is 0 Å². The number of nitrogens with zero attached hydrogens (tertiary/aromatic N) is 1. The number of hydrogen-bond donors (Lipinski definition) is 5. The first kappa shape index (κ1) is 34.5. The zero-order valence-electron chi connectivity index (χ0n) is 26.2. The largest absolute Gasteiger partial charge is 0.341 e. The second kappa shape index (κ2) is 19.2. The number of aromatic nitrogens is 2. The summed E-state index contributed by atoms with van der Waals surface area (Å²) < 4.78 is 0. The fourth-order valence-corrected chi connectivity index (χ4v) is 7.75. The Balaban J connectivity index is 0.000000150. The summed E-state index contributed by atoms with van der Waals surface area (Å²) in [5, 5.41) is 6.96. The van der Waals surface area contributed by atoms with Gasteiger partial charge in [0.15, 0.2) is 10.2 Å². The zero-order valence-corrected chi connectivity index (χ0v) is 28.0. The molecule has 8 heteroatoms. The van der Waals surface area contributed by atoms with Crippen LogP contribution in [0.4, 0.5) is 0 Å². The number of imidazole rings is 1. The fraction of sp³-hybridized carbons (Fsp3) is 0.743. The Kier molecular flexibility index (Phi) is 15.4. The molecule has 3 N–H and O–H groups in total. The average molecular weight is 629 g/mol. The van der Waals surface area contributed by atoms with E-state index >= 15 is 0 Å². The van der Waals surface area contributed by atoms with Crippen LogP contribution < -0.4 is 10.6 Å². The van der Waals surface area contributed by atoms with E-state index in [1.807, 2.05) is 24.3 Å². The van der Waals surface area contributed by atoms with Crippen molar-refractivity contribution in [3.8, 4) is 0 Å². The van der Waals surface area contributed by atoms with E-state index in [1.54, 1.807) is 0 Å². The van der Waals surface area contributed by atoms with Crippen LogP contribution in [0, 0.1) is 0 Å². The Morgan fingerprint density at radius 2 is 1.07 bits per heavy atom. The molecule has 0 aliphatic heterocycles. The Morgan fingerprint density at radius 1 is 0.674 bits per heavy atom. The van der Waals surface area contributed by atoms with Crippen LogP contribution in [0.25, 0.3) is 11.0 Å². The van der Waals surface area contributed by atoms with Crippen molar-refractivity contribution in [2.75, 3.05) is 0 Å². The third-order valence-electron chi connectivity index (χ3n) is 9.78. The number of nitrogens with one attached hydrogen (secondary N) is 3. The number of fused-ring (bicyclic) bond motifs is 1. The minimum absolute atomic E-state index is 0.00866. The molecule has 240 valence electrons. The monoisotopic (exact) mass is 628 g/mol. The van der Waals surface area contributed by atoms with Gasteiger partial charge in [-0.25, -0.2) is 4.98 Å². The number of carbonyl (C=O) groups excluding carboxylic acids is 2. The van der Waals surface area contributed by atoms with Gasteiger partial charge in [-0.3, -0.25) is 9.59 Å². The van der Waals surface area contributed by atoms with Crippen LogP contribution in [-0.4, -0.2) is 44.4 Å². The van der Waals surface area contributed by atoms with Crippen molar-refractivity contribution in [2.24, 2.45) is 0 Å². The summed E-state index contributed by atoms with van der Waals surface area (Å²) >= 11 is 7.45. The van der Waals surface area contributed by atoms with Crippen molar-refractivity contribution in [1.29, 1.82) is 0 Å². The molecule has 1 aromatic heterocycles. The Morgan fingerprint density at radius 3 is 1.42 bits per heavy atom. The van der Waals surface area contributed by atoms with Crippen molar-refractivity contribution in [3.05, 3.63) is 30.1 Å². The topological polar surface area (TPSA) is 86.9 Å². The highest BCUT2D eigenvalue weighted by molar-refractivity contribution is 7.97. The molecule has 4 aliphatic carbocycles. The molecule has 1 heterocycles. The Hall–Kier alpha value is -1.35. The van der Waals surface area contributed by atoms with Gasteiger partial charge in [-0.05, 0) is 63.5 Å². The molecule has 4 saturated carbocycles. The summed E-state index contributed by atoms with van der Waals surface area (Å²) in [5.41, 5.74) is 1.59. The van der Waals surface area contributed by atoms with E-state index in [-0.39, 0.29) is 11.5 Å². The highest BCUT2D eigenvalue weighted by Gasteiger charge is 2.24. The lowest BCUT2D eigenvalue weighted by Gasteiger charge is -2.30. The molecule has 6 nitrogen and oxygen atoms in total. The maximum Gasteiger partial charge on any atom is 0.197 e. The molecule has 1 aromatic carbocycles. The molecule has 4 fully saturated rings. The number of thiol groups is 2. The molecule has 0 radical (unpaired) electrons. The second-order valence-electron chi connectivity index (χ2n) is 13.3. The van der Waals surface area contributed by atoms with E-state index in [9.17, 15) is 9.59 Å². The predicted molar refractivity (Wildman–Crippen MR) is 185 cm³/mol. The van der Waals surface area contributed by atoms with Gasteiger partial charge in [-0.15, -0.1) is 25.3 Å². The summed E-state index contributed by atoms with van der Waals surface area (Å²) in [6.07, 6.45) is 29.1. The molecule has 0 bridgehead atoms. The molecular weight excluding hydrogens is 573 g/mol. The van der Waals surface area contributed by atoms with Crippen LogP contribution >= 0.6 is 25.3 Å². The standard InChI is InChI=1S/2C12H23N.C11H10N2O2S2/c2*1-3-7-11(8-4-1)13-12-9-5-2-6-10-12;14-9(16)5-6(11(15)17)10-12-7-3-1-2-4-8(7)13-10/h2*11-13H,1-10H2;1-4,6H,5H2,(H,12,13)(H,14,16)(H,15,17). The zero-order chi connectivity index (χ0) is 30.3. The molecule has 0 saturated heterocycles. The molecule has 0 spiro atoms. The highest BCUT2D eigenvalue weighted by atomic mass is 32.1. The lowest BCUT2D eigenvalue weighted by atomic mass is 9.91. The molecule has 1 atom stereocenters. The third kappa shape index (κ3) is 12.5. The third-order valence-corrected chi connectivity index (χ3v) is 10.3. The summed E-state index contributed by atoms with van der Waals surface area (Å²) in [4.78, 5) is 29.6. The number of hydrogen-bond acceptors (Lipinski definition) is 5. The maximum absolute atomic E-state index is 11.4. The number of H-pyrrole nitrogens is 1. The van der Waals surface area contributed by atoms with Crippen molar-refractivity contribution in [3.63, 3.8) is 0 Å². The molecule has 43 heavy (non-hydrogen) atoms. The van der Waals surface area contributed by atoms with E-state index < -0.39 is 11.0 Å². The van der Waals surface area contributed by atoms with E-state index in [2.05, 4.69) is 45.9 Å².